The van der Waals surface area contributed by atoms with Crippen molar-refractivity contribution in [1.82, 2.24) is 4.90 Å². The minimum absolute atomic E-state index is 0.0529. The largest absolute Gasteiger partial charge is 0.323 e. The van der Waals surface area contributed by atoms with Gasteiger partial charge in [-0.15, -0.1) is 0 Å². The average molecular weight is 285 g/mol. The van der Waals surface area contributed by atoms with E-state index in [0.29, 0.717) is 18.4 Å². The van der Waals surface area contributed by atoms with Crippen LogP contribution >= 0.6 is 0 Å². The van der Waals surface area contributed by atoms with Gasteiger partial charge in [0, 0.05) is 19.2 Å². The summed E-state index contributed by atoms with van der Waals surface area (Å²) < 4.78 is 0. The van der Waals surface area contributed by atoms with Gasteiger partial charge in [0.05, 0.1) is 16.6 Å². The Morgan fingerprint density at radius 3 is 2.67 bits per heavy atom. The number of nitrogens with zero attached hydrogens (tertiary/aromatic N) is 3. The summed E-state index contributed by atoms with van der Waals surface area (Å²) in [5.41, 5.74) is -0.406. The first-order chi connectivity index (χ1) is 10.00. The molecule has 1 aliphatic carbocycles. The van der Waals surface area contributed by atoms with E-state index in [4.69, 9.17) is 0 Å². The topological polar surface area (TPSA) is 87.2 Å². The molecular weight excluding hydrogens is 270 g/mol. The zero-order valence-electron chi connectivity index (χ0n) is 11.7. The maximum atomic E-state index is 12.1. The molecule has 0 aromatic heterocycles. The van der Waals surface area contributed by atoms with Crippen LogP contribution in [0.15, 0.2) is 30.3 Å². The quantitative estimate of drug-likeness (QED) is 0.483. The first-order valence-electron chi connectivity index (χ1n) is 6.61. The summed E-state index contributed by atoms with van der Waals surface area (Å²) >= 11 is 0. The normalized spacial score (nSPS) is 16.0. The molecule has 1 fully saturated rings. The molecule has 6 heteroatoms. The molecule has 21 heavy (non-hydrogen) atoms. The fourth-order valence-corrected chi connectivity index (χ4v) is 2.31. The van der Waals surface area contributed by atoms with Crippen LogP contribution in [0.5, 0.6) is 0 Å². The first kappa shape index (κ1) is 14.7. The number of nitro benzene ring substituents is 1. The number of para-hydroxylation sites is 1. The molecule has 2 rings (SSSR count). The van der Waals surface area contributed by atoms with E-state index in [0.717, 1.165) is 6.42 Å². The van der Waals surface area contributed by atoms with E-state index < -0.39 is 10.5 Å². The van der Waals surface area contributed by atoms with Crippen molar-refractivity contribution >= 4 is 17.7 Å². The van der Waals surface area contributed by atoms with Crippen molar-refractivity contribution in [3.63, 3.8) is 0 Å². The fraction of sp³-hybridized carbons (Fsp3) is 0.333. The molecule has 0 unspecified atom stereocenters. The van der Waals surface area contributed by atoms with Gasteiger partial charge in [0.1, 0.15) is 5.54 Å². The Labute approximate surface area is 122 Å². The van der Waals surface area contributed by atoms with Crippen molar-refractivity contribution in [3.8, 4) is 6.07 Å². The number of nitriles is 1. The standard InChI is InChI=1S/C15H15N3O3/c1-17(15(11-16)9-4-10-15)14(19)8-7-12-5-2-3-6-13(12)18(20)21/h2-3,5-8H,4,9-10H2,1H3/b8-7-. The molecule has 6 nitrogen and oxygen atoms in total. The number of hydrogen-bond acceptors (Lipinski definition) is 4. The molecule has 0 saturated heterocycles. The number of hydrogen-bond donors (Lipinski definition) is 0. The Hall–Kier alpha value is -2.68. The Morgan fingerprint density at radius 2 is 2.14 bits per heavy atom. The van der Waals surface area contributed by atoms with Gasteiger partial charge in [0.25, 0.3) is 5.69 Å². The molecule has 1 amide bonds. The maximum Gasteiger partial charge on any atom is 0.276 e. The van der Waals surface area contributed by atoms with Gasteiger partial charge in [-0.3, -0.25) is 14.9 Å². The van der Waals surface area contributed by atoms with Gasteiger partial charge in [0.2, 0.25) is 5.91 Å². The number of amides is 1. The lowest BCUT2D eigenvalue weighted by Gasteiger charge is -2.42. The number of carbonyl (C=O) groups is 1. The molecule has 1 aliphatic rings. The molecule has 0 radical (unpaired) electrons. The molecule has 0 aliphatic heterocycles. The van der Waals surface area contributed by atoms with Gasteiger partial charge in [-0.25, -0.2) is 0 Å². The summed E-state index contributed by atoms with van der Waals surface area (Å²) in [4.78, 5) is 23.9. The van der Waals surface area contributed by atoms with Crippen molar-refractivity contribution in [3.05, 3.63) is 46.0 Å². The van der Waals surface area contributed by atoms with Crippen molar-refractivity contribution in [1.29, 1.82) is 5.26 Å². The van der Waals surface area contributed by atoms with Crippen molar-refractivity contribution in [2.24, 2.45) is 0 Å². The minimum atomic E-state index is -0.718. The van der Waals surface area contributed by atoms with Gasteiger partial charge in [0.15, 0.2) is 0 Å². The highest BCUT2D eigenvalue weighted by Gasteiger charge is 2.42. The van der Waals surface area contributed by atoms with E-state index >= 15 is 0 Å². The molecule has 0 bridgehead atoms. The third-order valence-electron chi connectivity index (χ3n) is 3.90. The number of nitro groups is 1. The summed E-state index contributed by atoms with van der Waals surface area (Å²) in [6.45, 7) is 0. The van der Waals surface area contributed by atoms with E-state index in [1.807, 2.05) is 0 Å². The molecule has 1 saturated carbocycles. The summed E-state index contributed by atoms with van der Waals surface area (Å²) in [6, 6.07) is 8.39. The van der Waals surface area contributed by atoms with Gasteiger partial charge < -0.3 is 4.90 Å². The highest BCUT2D eigenvalue weighted by molar-refractivity contribution is 5.93. The lowest BCUT2D eigenvalue weighted by atomic mass is 9.76. The van der Waals surface area contributed by atoms with Crippen LogP contribution in [-0.4, -0.2) is 28.3 Å². The van der Waals surface area contributed by atoms with Gasteiger partial charge in [-0.2, -0.15) is 5.26 Å². The zero-order valence-corrected chi connectivity index (χ0v) is 11.7. The van der Waals surface area contributed by atoms with Crippen LogP contribution in [0, 0.1) is 21.4 Å². The van der Waals surface area contributed by atoms with Crippen LogP contribution in [0.1, 0.15) is 24.8 Å². The Kier molecular flexibility index (Phi) is 4.03. The van der Waals surface area contributed by atoms with E-state index in [-0.39, 0.29) is 11.6 Å². The van der Waals surface area contributed by atoms with E-state index in [1.54, 1.807) is 25.2 Å². The second kappa shape index (κ2) is 5.75. The smallest absolute Gasteiger partial charge is 0.276 e. The second-order valence-electron chi connectivity index (χ2n) is 5.04. The third kappa shape index (κ3) is 2.77. The van der Waals surface area contributed by atoms with Crippen LogP contribution in [0.3, 0.4) is 0 Å². The van der Waals surface area contributed by atoms with Crippen LogP contribution in [-0.2, 0) is 4.79 Å². The summed E-state index contributed by atoms with van der Waals surface area (Å²) in [5, 5.41) is 20.1. The second-order valence-corrected chi connectivity index (χ2v) is 5.04. The zero-order chi connectivity index (χ0) is 15.5. The third-order valence-corrected chi connectivity index (χ3v) is 3.90. The number of carbonyl (C=O) groups excluding carboxylic acids is 1. The molecular formula is C15H15N3O3. The number of benzene rings is 1. The molecule has 0 heterocycles. The maximum absolute atomic E-state index is 12.1. The monoisotopic (exact) mass is 285 g/mol. The van der Waals surface area contributed by atoms with E-state index in [9.17, 15) is 20.2 Å². The van der Waals surface area contributed by atoms with Gasteiger partial charge >= 0.3 is 0 Å². The Morgan fingerprint density at radius 1 is 1.48 bits per heavy atom. The van der Waals surface area contributed by atoms with Crippen LogP contribution < -0.4 is 0 Å². The lowest BCUT2D eigenvalue weighted by molar-refractivity contribution is -0.385. The molecule has 0 atom stereocenters. The highest BCUT2D eigenvalue weighted by Crippen LogP contribution is 2.36. The highest BCUT2D eigenvalue weighted by atomic mass is 16.6. The summed E-state index contributed by atoms with van der Waals surface area (Å²) in [5.74, 6) is -0.325. The fourth-order valence-electron chi connectivity index (χ4n) is 2.31. The Balaban J connectivity index is 2.17. The van der Waals surface area contributed by atoms with Crippen LogP contribution in [0.25, 0.3) is 6.08 Å². The molecule has 0 spiro atoms. The van der Waals surface area contributed by atoms with Crippen LogP contribution in [0.4, 0.5) is 5.69 Å². The first-order valence-corrected chi connectivity index (χ1v) is 6.61. The van der Waals surface area contributed by atoms with Crippen molar-refractivity contribution < 1.29 is 9.72 Å². The minimum Gasteiger partial charge on any atom is -0.323 e. The molecule has 1 aromatic rings. The summed E-state index contributed by atoms with van der Waals surface area (Å²) in [6.07, 6.45) is 4.97. The predicted molar refractivity (Wildman–Crippen MR) is 77.1 cm³/mol. The predicted octanol–water partition coefficient (Wildman–Crippen LogP) is 2.51. The Bertz CT molecular complexity index is 642. The SMILES string of the molecule is CN(C(=O)/C=C\c1ccccc1[N+](=O)[O-])C1(C#N)CCC1. The molecule has 108 valence electrons. The molecule has 1 aromatic carbocycles. The van der Waals surface area contributed by atoms with Crippen LogP contribution in [0.2, 0.25) is 0 Å². The number of likely N-dealkylation sites (N-methyl/N-ethyl adjacent to an activating group) is 1. The average Bonchev–Trinajstić information content (AvgIpc) is 2.44. The summed E-state index contributed by atoms with van der Waals surface area (Å²) in [7, 11) is 1.59. The van der Waals surface area contributed by atoms with Gasteiger partial charge in [-0.05, 0) is 31.4 Å². The van der Waals surface area contributed by atoms with E-state index in [2.05, 4.69) is 6.07 Å². The van der Waals surface area contributed by atoms with Crippen molar-refractivity contribution in [2.45, 2.75) is 24.8 Å². The molecule has 0 N–H and O–H groups in total. The van der Waals surface area contributed by atoms with E-state index in [1.165, 1.54) is 23.1 Å². The van der Waals surface area contributed by atoms with Crippen molar-refractivity contribution in [2.75, 3.05) is 7.05 Å². The van der Waals surface area contributed by atoms with Gasteiger partial charge in [-0.1, -0.05) is 12.1 Å². The lowest BCUT2D eigenvalue weighted by Crippen LogP contribution is -2.52. The number of rotatable bonds is 4.